The average Bonchev–Trinajstić information content (AvgIpc) is 3.04. The number of nitrogens with zero attached hydrogens (tertiary/aromatic N) is 3. The smallest absolute Gasteiger partial charge is 0.446 e. The number of nitrogens with two attached hydrogens (primary N) is 1. The number of hydrogen-bond acceptors (Lipinski definition) is 5. The van der Waals surface area contributed by atoms with Crippen molar-refractivity contribution >= 4 is 11.7 Å². The zero-order chi connectivity index (χ0) is 18.7. The standard InChI is InChI=1S/C16H15F3N4O3/c17-16(18,19)26-13-7-3-11(4-8-13)23-9-21-14(22-23)10-1-5-12(6-2-10)25-15(20)24/h1,3-4,7-9,12H,2,5-6H2,(H2,20,24). The van der Waals surface area contributed by atoms with Crippen LogP contribution < -0.4 is 10.5 Å². The van der Waals surface area contributed by atoms with Crippen molar-refractivity contribution in [3.63, 3.8) is 0 Å². The molecule has 0 radical (unpaired) electrons. The van der Waals surface area contributed by atoms with Crippen LogP contribution in [-0.4, -0.2) is 33.3 Å². The summed E-state index contributed by atoms with van der Waals surface area (Å²) < 4.78 is 46.8. The van der Waals surface area contributed by atoms with Gasteiger partial charge in [0.2, 0.25) is 0 Å². The molecular formula is C16H15F3N4O3. The summed E-state index contributed by atoms with van der Waals surface area (Å²) in [7, 11) is 0. The first kappa shape index (κ1) is 17.8. The molecule has 2 N–H and O–H groups in total. The number of aromatic nitrogens is 3. The molecular weight excluding hydrogens is 353 g/mol. The number of allylic oxidation sites excluding steroid dienone is 1. The Kier molecular flexibility index (Phi) is 4.83. The molecule has 10 heteroatoms. The van der Waals surface area contributed by atoms with Crippen molar-refractivity contribution in [1.82, 2.24) is 14.8 Å². The molecule has 1 aromatic heterocycles. The van der Waals surface area contributed by atoms with Gasteiger partial charge in [-0.1, -0.05) is 6.08 Å². The van der Waals surface area contributed by atoms with Gasteiger partial charge in [-0.3, -0.25) is 0 Å². The van der Waals surface area contributed by atoms with Crippen molar-refractivity contribution in [2.45, 2.75) is 31.7 Å². The highest BCUT2D eigenvalue weighted by Crippen LogP contribution is 2.27. The van der Waals surface area contributed by atoms with Gasteiger partial charge in [-0.05, 0) is 42.7 Å². The van der Waals surface area contributed by atoms with E-state index in [9.17, 15) is 18.0 Å². The molecule has 1 aliphatic rings. The van der Waals surface area contributed by atoms with Crippen LogP contribution in [0.2, 0.25) is 0 Å². The summed E-state index contributed by atoms with van der Waals surface area (Å²) in [4.78, 5) is 15.0. The molecule has 26 heavy (non-hydrogen) atoms. The maximum atomic E-state index is 12.2. The zero-order valence-electron chi connectivity index (χ0n) is 13.4. The maximum Gasteiger partial charge on any atom is 0.573 e. The van der Waals surface area contributed by atoms with Crippen LogP contribution in [0.4, 0.5) is 18.0 Å². The van der Waals surface area contributed by atoms with E-state index in [1.165, 1.54) is 35.3 Å². The van der Waals surface area contributed by atoms with Gasteiger partial charge in [-0.25, -0.2) is 14.5 Å². The monoisotopic (exact) mass is 368 g/mol. The molecule has 0 fully saturated rings. The van der Waals surface area contributed by atoms with Crippen LogP contribution in [0.3, 0.4) is 0 Å². The number of hydrogen-bond donors (Lipinski definition) is 1. The second-order valence-electron chi connectivity index (χ2n) is 5.62. The van der Waals surface area contributed by atoms with E-state index in [0.29, 0.717) is 30.8 Å². The molecule has 2 aromatic rings. The first-order valence-electron chi connectivity index (χ1n) is 7.73. The summed E-state index contributed by atoms with van der Waals surface area (Å²) in [6, 6.07) is 5.31. The number of carbonyl (C=O) groups is 1. The van der Waals surface area contributed by atoms with Gasteiger partial charge in [-0.15, -0.1) is 18.3 Å². The van der Waals surface area contributed by atoms with Crippen molar-refractivity contribution in [3.05, 3.63) is 42.5 Å². The highest BCUT2D eigenvalue weighted by atomic mass is 19.4. The molecule has 0 aliphatic heterocycles. The van der Waals surface area contributed by atoms with Crippen LogP contribution in [0.5, 0.6) is 5.75 Å². The molecule has 0 bridgehead atoms. The van der Waals surface area contributed by atoms with Gasteiger partial charge in [-0.2, -0.15) is 0 Å². The van der Waals surface area contributed by atoms with Gasteiger partial charge < -0.3 is 15.2 Å². The normalized spacial score (nSPS) is 17.5. The summed E-state index contributed by atoms with van der Waals surface area (Å²) >= 11 is 0. The van der Waals surface area contributed by atoms with E-state index in [1.54, 1.807) is 0 Å². The van der Waals surface area contributed by atoms with Crippen LogP contribution >= 0.6 is 0 Å². The first-order chi connectivity index (χ1) is 12.3. The molecule has 1 aromatic carbocycles. The van der Waals surface area contributed by atoms with Gasteiger partial charge in [0.1, 0.15) is 18.2 Å². The number of amides is 1. The largest absolute Gasteiger partial charge is 0.573 e. The summed E-state index contributed by atoms with van der Waals surface area (Å²) in [5.41, 5.74) is 6.45. The minimum absolute atomic E-state index is 0.250. The lowest BCUT2D eigenvalue weighted by atomic mass is 9.97. The van der Waals surface area contributed by atoms with Crippen molar-refractivity contribution in [1.29, 1.82) is 0 Å². The SMILES string of the molecule is NC(=O)OC1CC=C(c2ncn(-c3ccc(OC(F)(F)F)cc3)n2)CC1. The van der Waals surface area contributed by atoms with Gasteiger partial charge in [0.25, 0.3) is 0 Å². The molecule has 3 rings (SSSR count). The average molecular weight is 368 g/mol. The van der Waals surface area contributed by atoms with Crippen molar-refractivity contribution in [2.75, 3.05) is 0 Å². The van der Waals surface area contributed by atoms with Gasteiger partial charge >= 0.3 is 12.5 Å². The lowest BCUT2D eigenvalue weighted by Gasteiger charge is -2.19. The number of halogens is 3. The fraction of sp³-hybridized carbons (Fsp3) is 0.312. The quantitative estimate of drug-likeness (QED) is 0.895. The number of ether oxygens (including phenoxy) is 2. The third-order valence-electron chi connectivity index (χ3n) is 3.76. The first-order valence-corrected chi connectivity index (χ1v) is 7.73. The Morgan fingerprint density at radius 2 is 2.00 bits per heavy atom. The predicted molar refractivity (Wildman–Crippen MR) is 84.3 cm³/mol. The molecule has 1 atom stereocenters. The van der Waals surface area contributed by atoms with Crippen LogP contribution in [-0.2, 0) is 4.74 Å². The van der Waals surface area contributed by atoms with E-state index in [2.05, 4.69) is 14.8 Å². The molecule has 0 spiro atoms. The second-order valence-corrected chi connectivity index (χ2v) is 5.62. The van der Waals surface area contributed by atoms with E-state index in [-0.39, 0.29) is 11.9 Å². The number of benzene rings is 1. The van der Waals surface area contributed by atoms with Crippen molar-refractivity contribution < 1.29 is 27.4 Å². The Bertz CT molecular complexity index is 815. The summed E-state index contributed by atoms with van der Waals surface area (Å²) in [6.45, 7) is 0. The molecule has 0 saturated carbocycles. The number of rotatable bonds is 4. The van der Waals surface area contributed by atoms with Crippen LogP contribution in [0.25, 0.3) is 11.3 Å². The summed E-state index contributed by atoms with van der Waals surface area (Å²) in [5, 5.41) is 4.34. The van der Waals surface area contributed by atoms with Gasteiger partial charge in [0.05, 0.1) is 5.69 Å². The fourth-order valence-electron chi connectivity index (χ4n) is 2.62. The number of primary amides is 1. The molecule has 138 valence electrons. The van der Waals surface area contributed by atoms with Gasteiger partial charge in [0, 0.05) is 6.42 Å². The van der Waals surface area contributed by atoms with Crippen molar-refractivity contribution in [2.24, 2.45) is 5.73 Å². The summed E-state index contributed by atoms with van der Waals surface area (Å²) in [5.74, 6) is 0.204. The Morgan fingerprint density at radius 3 is 2.58 bits per heavy atom. The third kappa shape index (κ3) is 4.52. The second kappa shape index (κ2) is 7.06. The minimum atomic E-state index is -4.73. The Hall–Kier alpha value is -3.04. The fourth-order valence-corrected chi connectivity index (χ4v) is 2.62. The topological polar surface area (TPSA) is 92.3 Å². The molecule has 1 aliphatic carbocycles. The highest BCUT2D eigenvalue weighted by Gasteiger charge is 2.31. The Labute approximate surface area is 146 Å². The van der Waals surface area contributed by atoms with Gasteiger partial charge in [0.15, 0.2) is 5.82 Å². The van der Waals surface area contributed by atoms with Crippen LogP contribution in [0.15, 0.2) is 36.7 Å². The summed E-state index contributed by atoms with van der Waals surface area (Å²) in [6.07, 6.45) is -0.653. The molecule has 1 amide bonds. The third-order valence-corrected chi connectivity index (χ3v) is 3.76. The molecule has 0 saturated heterocycles. The zero-order valence-corrected chi connectivity index (χ0v) is 13.4. The van der Waals surface area contributed by atoms with E-state index in [4.69, 9.17) is 10.5 Å². The van der Waals surface area contributed by atoms with E-state index in [1.807, 2.05) is 6.08 Å². The van der Waals surface area contributed by atoms with E-state index >= 15 is 0 Å². The molecule has 1 unspecified atom stereocenters. The highest BCUT2D eigenvalue weighted by molar-refractivity contribution is 5.65. The lowest BCUT2D eigenvalue weighted by molar-refractivity contribution is -0.274. The Morgan fingerprint density at radius 1 is 1.27 bits per heavy atom. The molecule has 7 nitrogen and oxygen atoms in total. The lowest BCUT2D eigenvalue weighted by Crippen LogP contribution is -2.24. The predicted octanol–water partition coefficient (Wildman–Crippen LogP) is 3.20. The van der Waals surface area contributed by atoms with Crippen molar-refractivity contribution in [3.8, 4) is 11.4 Å². The van der Waals surface area contributed by atoms with E-state index in [0.717, 1.165) is 5.57 Å². The molecule has 1 heterocycles. The maximum absolute atomic E-state index is 12.2. The minimum Gasteiger partial charge on any atom is -0.446 e. The number of carbonyl (C=O) groups excluding carboxylic acids is 1. The van der Waals surface area contributed by atoms with Crippen LogP contribution in [0, 0.1) is 0 Å². The van der Waals surface area contributed by atoms with E-state index < -0.39 is 12.5 Å². The van der Waals surface area contributed by atoms with Crippen LogP contribution in [0.1, 0.15) is 25.1 Å². The number of alkyl halides is 3. The Balaban J connectivity index is 1.68.